The van der Waals surface area contributed by atoms with Gasteiger partial charge in [0.25, 0.3) is 5.91 Å². The maximum atomic E-state index is 11.9. The van der Waals surface area contributed by atoms with E-state index < -0.39 is 0 Å². The van der Waals surface area contributed by atoms with Crippen LogP contribution in [-0.2, 0) is 0 Å². The number of nitrogens with zero attached hydrogens (tertiary/aromatic N) is 4. The minimum absolute atomic E-state index is 0.266. The standard InChI is InChI=1S/C16H15N5OS/c1-11-9-14(12(2)21(11)16-18-7-8-23-16)10-19-20-15(22)13-3-5-17-6-4-13/h3-10H,1-2H3,(H,20,22)/b19-10-. The van der Waals surface area contributed by atoms with Gasteiger partial charge in [0.05, 0.1) is 6.21 Å². The van der Waals surface area contributed by atoms with E-state index >= 15 is 0 Å². The number of nitrogens with one attached hydrogen (secondary N) is 1. The van der Waals surface area contributed by atoms with Gasteiger partial charge in [-0.1, -0.05) is 0 Å². The van der Waals surface area contributed by atoms with Crippen molar-refractivity contribution >= 4 is 23.5 Å². The number of carbonyl (C=O) groups is 1. The number of carbonyl (C=O) groups excluding carboxylic acids is 1. The second-order valence-electron chi connectivity index (χ2n) is 4.91. The number of aryl methyl sites for hydroxylation is 1. The van der Waals surface area contributed by atoms with Gasteiger partial charge < -0.3 is 0 Å². The van der Waals surface area contributed by atoms with Gasteiger partial charge in [0.2, 0.25) is 0 Å². The minimum Gasteiger partial charge on any atom is -0.294 e. The molecule has 3 rings (SSSR count). The van der Waals surface area contributed by atoms with Crippen LogP contribution in [0.15, 0.2) is 47.3 Å². The number of thiazole rings is 1. The molecule has 0 bridgehead atoms. The molecule has 3 aromatic heterocycles. The summed E-state index contributed by atoms with van der Waals surface area (Å²) >= 11 is 1.58. The highest BCUT2D eigenvalue weighted by molar-refractivity contribution is 7.12. The molecule has 7 heteroatoms. The normalized spacial score (nSPS) is 11.0. The van der Waals surface area contributed by atoms with Crippen LogP contribution < -0.4 is 5.43 Å². The van der Waals surface area contributed by atoms with Crippen molar-refractivity contribution in [2.24, 2.45) is 5.10 Å². The molecule has 0 aromatic carbocycles. The van der Waals surface area contributed by atoms with Crippen LogP contribution >= 0.6 is 11.3 Å². The zero-order valence-corrected chi connectivity index (χ0v) is 13.5. The van der Waals surface area contributed by atoms with Crippen molar-refractivity contribution in [2.45, 2.75) is 13.8 Å². The first-order valence-corrected chi connectivity index (χ1v) is 7.87. The Morgan fingerprint density at radius 2 is 2.09 bits per heavy atom. The predicted octanol–water partition coefficient (Wildman–Crippen LogP) is 2.71. The zero-order chi connectivity index (χ0) is 16.2. The zero-order valence-electron chi connectivity index (χ0n) is 12.7. The average molecular weight is 325 g/mol. The molecule has 0 atom stereocenters. The molecule has 1 amide bonds. The van der Waals surface area contributed by atoms with E-state index in [0.717, 1.165) is 22.1 Å². The number of hydrogen-bond acceptors (Lipinski definition) is 5. The molecule has 3 heterocycles. The van der Waals surface area contributed by atoms with Crippen LogP contribution in [0.25, 0.3) is 5.13 Å². The first-order chi connectivity index (χ1) is 11.2. The molecule has 0 radical (unpaired) electrons. The highest BCUT2D eigenvalue weighted by Gasteiger charge is 2.11. The van der Waals surface area contributed by atoms with E-state index in [1.165, 1.54) is 0 Å². The number of pyridine rings is 1. The van der Waals surface area contributed by atoms with E-state index in [-0.39, 0.29) is 5.91 Å². The molecule has 0 spiro atoms. The smallest absolute Gasteiger partial charge is 0.271 e. The minimum atomic E-state index is -0.266. The number of aromatic nitrogens is 3. The van der Waals surface area contributed by atoms with Crippen LogP contribution in [0.4, 0.5) is 0 Å². The topological polar surface area (TPSA) is 72.2 Å². The Morgan fingerprint density at radius 3 is 2.78 bits per heavy atom. The quantitative estimate of drug-likeness (QED) is 0.592. The summed E-state index contributed by atoms with van der Waals surface area (Å²) in [5.74, 6) is -0.266. The van der Waals surface area contributed by atoms with Crippen molar-refractivity contribution < 1.29 is 4.79 Å². The SMILES string of the molecule is Cc1cc(/C=N\NC(=O)c2ccncc2)c(C)n1-c1nccs1. The van der Waals surface area contributed by atoms with Crippen molar-refractivity contribution in [3.8, 4) is 5.13 Å². The highest BCUT2D eigenvalue weighted by atomic mass is 32.1. The summed E-state index contributed by atoms with van der Waals surface area (Å²) in [6, 6.07) is 5.29. The molecule has 3 aromatic rings. The van der Waals surface area contributed by atoms with Gasteiger partial charge >= 0.3 is 0 Å². The molecule has 0 unspecified atom stereocenters. The summed E-state index contributed by atoms with van der Waals surface area (Å²) in [6.07, 6.45) is 6.56. The summed E-state index contributed by atoms with van der Waals surface area (Å²) < 4.78 is 2.07. The maximum Gasteiger partial charge on any atom is 0.271 e. The molecule has 1 N–H and O–H groups in total. The fourth-order valence-electron chi connectivity index (χ4n) is 2.27. The lowest BCUT2D eigenvalue weighted by atomic mass is 10.2. The number of rotatable bonds is 4. The Morgan fingerprint density at radius 1 is 1.30 bits per heavy atom. The van der Waals surface area contributed by atoms with Crippen molar-refractivity contribution in [2.75, 3.05) is 0 Å². The fourth-order valence-corrected chi connectivity index (χ4v) is 3.02. The first-order valence-electron chi connectivity index (χ1n) is 6.99. The van der Waals surface area contributed by atoms with E-state index in [0.29, 0.717) is 5.56 Å². The Hall–Kier alpha value is -2.80. The van der Waals surface area contributed by atoms with Gasteiger partial charge in [0.1, 0.15) is 0 Å². The van der Waals surface area contributed by atoms with Gasteiger partial charge in [-0.15, -0.1) is 11.3 Å². The molecule has 0 saturated heterocycles. The molecule has 0 aliphatic carbocycles. The lowest BCUT2D eigenvalue weighted by Gasteiger charge is -2.04. The van der Waals surface area contributed by atoms with Gasteiger partial charge in [0.15, 0.2) is 5.13 Å². The van der Waals surface area contributed by atoms with E-state index in [1.807, 2.05) is 25.3 Å². The molecular weight excluding hydrogens is 310 g/mol. The summed E-state index contributed by atoms with van der Waals surface area (Å²) in [7, 11) is 0. The number of amides is 1. The third kappa shape index (κ3) is 3.19. The first kappa shape index (κ1) is 15.1. The molecule has 116 valence electrons. The average Bonchev–Trinajstić information content (AvgIpc) is 3.17. The van der Waals surface area contributed by atoms with Crippen molar-refractivity contribution in [3.63, 3.8) is 0 Å². The van der Waals surface area contributed by atoms with Gasteiger partial charge in [-0.05, 0) is 32.0 Å². The molecule has 0 fully saturated rings. The van der Waals surface area contributed by atoms with Crippen molar-refractivity contribution in [1.29, 1.82) is 0 Å². The van der Waals surface area contributed by atoms with Crippen LogP contribution in [0.2, 0.25) is 0 Å². The van der Waals surface area contributed by atoms with Crippen LogP contribution in [0.3, 0.4) is 0 Å². The lowest BCUT2D eigenvalue weighted by molar-refractivity contribution is 0.0955. The third-order valence-electron chi connectivity index (χ3n) is 3.39. The van der Waals surface area contributed by atoms with E-state index in [2.05, 4.69) is 25.1 Å². The van der Waals surface area contributed by atoms with Gasteiger partial charge in [-0.25, -0.2) is 10.4 Å². The summed E-state index contributed by atoms with van der Waals surface area (Å²) in [5.41, 5.74) is 6.07. The van der Waals surface area contributed by atoms with Crippen LogP contribution in [0, 0.1) is 13.8 Å². The van der Waals surface area contributed by atoms with Gasteiger partial charge in [-0.3, -0.25) is 14.3 Å². The maximum absolute atomic E-state index is 11.9. The Labute approximate surface area is 137 Å². The van der Waals surface area contributed by atoms with Crippen LogP contribution in [0.1, 0.15) is 27.3 Å². The second-order valence-corrected chi connectivity index (χ2v) is 5.78. The predicted molar refractivity (Wildman–Crippen MR) is 90.2 cm³/mol. The monoisotopic (exact) mass is 325 g/mol. The molecule has 0 aliphatic rings. The third-order valence-corrected chi connectivity index (χ3v) is 4.15. The lowest BCUT2D eigenvalue weighted by Crippen LogP contribution is -2.17. The molecule has 23 heavy (non-hydrogen) atoms. The molecule has 6 nitrogen and oxygen atoms in total. The molecule has 0 saturated carbocycles. The van der Waals surface area contributed by atoms with E-state index in [1.54, 1.807) is 48.3 Å². The van der Waals surface area contributed by atoms with E-state index in [4.69, 9.17) is 0 Å². The Balaban J connectivity index is 1.76. The molecular formula is C16H15N5OS. The Kier molecular flexibility index (Phi) is 4.29. The van der Waals surface area contributed by atoms with Crippen LogP contribution in [-0.4, -0.2) is 26.7 Å². The van der Waals surface area contributed by atoms with Gasteiger partial charge in [-0.2, -0.15) is 5.10 Å². The largest absolute Gasteiger partial charge is 0.294 e. The highest BCUT2D eigenvalue weighted by Crippen LogP contribution is 2.21. The second kappa shape index (κ2) is 6.53. The van der Waals surface area contributed by atoms with Gasteiger partial charge in [0, 0.05) is 46.5 Å². The van der Waals surface area contributed by atoms with Crippen molar-refractivity contribution in [1.82, 2.24) is 20.0 Å². The summed E-state index contributed by atoms with van der Waals surface area (Å²) in [5, 5.41) is 6.90. The van der Waals surface area contributed by atoms with E-state index in [9.17, 15) is 4.79 Å². The fraction of sp³-hybridized carbons (Fsp3) is 0.125. The summed E-state index contributed by atoms with van der Waals surface area (Å²) in [4.78, 5) is 20.1. The molecule has 0 aliphatic heterocycles. The van der Waals surface area contributed by atoms with Crippen molar-refractivity contribution in [3.05, 3.63) is 64.7 Å². The Bertz CT molecular complexity index is 837. The number of hydrazone groups is 1. The van der Waals surface area contributed by atoms with Crippen LogP contribution in [0.5, 0.6) is 0 Å². The number of hydrogen-bond donors (Lipinski definition) is 1. The summed E-state index contributed by atoms with van der Waals surface area (Å²) in [6.45, 7) is 4.02.